The van der Waals surface area contributed by atoms with Gasteiger partial charge in [0.1, 0.15) is 0 Å². The van der Waals surface area contributed by atoms with Crippen LogP contribution in [-0.4, -0.2) is 30.7 Å². The fraction of sp³-hybridized carbons (Fsp3) is 0.538. The van der Waals surface area contributed by atoms with E-state index in [1.807, 2.05) is 14.1 Å². The van der Waals surface area contributed by atoms with E-state index in [4.69, 9.17) is 0 Å². The largest absolute Gasteiger partial charge is 0.394 e. The number of nitrogens with zero attached hydrogens (tertiary/aromatic N) is 1. The normalized spacial score (nSPS) is 16.8. The topological polar surface area (TPSA) is 23.5 Å². The first-order valence-electron chi connectivity index (χ1n) is 5.61. The smallest absolute Gasteiger partial charge is 0.0628 e. The highest BCUT2D eigenvalue weighted by atomic mass is 16.3. The number of aliphatic hydroxyl groups excluding tert-OH is 1. The van der Waals surface area contributed by atoms with Crippen LogP contribution in [0, 0.1) is 0 Å². The first-order valence-corrected chi connectivity index (χ1v) is 5.61. The van der Waals surface area contributed by atoms with E-state index < -0.39 is 0 Å². The van der Waals surface area contributed by atoms with Gasteiger partial charge in [0.25, 0.3) is 0 Å². The molecule has 0 radical (unpaired) electrons. The molecule has 0 amide bonds. The number of hydrogen-bond acceptors (Lipinski definition) is 2. The molecule has 0 heterocycles. The third-order valence-corrected chi connectivity index (χ3v) is 3.30. The van der Waals surface area contributed by atoms with Crippen molar-refractivity contribution in [3.63, 3.8) is 0 Å². The second-order valence-corrected chi connectivity index (χ2v) is 4.54. The minimum absolute atomic E-state index is 0.135. The minimum atomic E-state index is 0.135. The van der Waals surface area contributed by atoms with Gasteiger partial charge in [0.05, 0.1) is 12.6 Å². The summed E-state index contributed by atoms with van der Waals surface area (Å²) >= 11 is 0. The highest BCUT2D eigenvalue weighted by Crippen LogP contribution is 2.26. The predicted octanol–water partition coefficient (Wildman–Crippen LogP) is 1.77. The maximum absolute atomic E-state index is 9.36. The Morgan fingerprint density at radius 2 is 2.00 bits per heavy atom. The highest BCUT2D eigenvalue weighted by molar-refractivity contribution is 5.36. The Balaban J connectivity index is 2.28. The zero-order chi connectivity index (χ0) is 10.8. The van der Waals surface area contributed by atoms with Crippen molar-refractivity contribution in [2.24, 2.45) is 0 Å². The SMILES string of the molecule is CN(C)C(CO)c1ccc2c(c1)CCC2. The van der Waals surface area contributed by atoms with E-state index >= 15 is 0 Å². The molecule has 0 aromatic heterocycles. The standard InChI is InChI=1S/C13H19NO/c1-14(2)13(9-15)12-7-6-10-4-3-5-11(10)8-12/h6-8,13,15H,3-5,9H2,1-2H3. The van der Waals surface area contributed by atoms with Crippen molar-refractivity contribution in [1.29, 1.82) is 0 Å². The number of aliphatic hydroxyl groups is 1. The van der Waals surface area contributed by atoms with Gasteiger partial charge in [-0.05, 0) is 50.0 Å². The molecule has 1 unspecified atom stereocenters. The van der Waals surface area contributed by atoms with Gasteiger partial charge in [-0.25, -0.2) is 0 Å². The Bertz CT molecular complexity index is 346. The molecule has 0 spiro atoms. The average molecular weight is 205 g/mol. The maximum Gasteiger partial charge on any atom is 0.0628 e. The minimum Gasteiger partial charge on any atom is -0.394 e. The Labute approximate surface area is 91.5 Å². The van der Waals surface area contributed by atoms with E-state index in [0.717, 1.165) is 0 Å². The molecule has 2 nitrogen and oxygen atoms in total. The van der Waals surface area contributed by atoms with Gasteiger partial charge < -0.3 is 10.0 Å². The molecule has 1 aromatic rings. The Hall–Kier alpha value is -0.860. The molecule has 2 heteroatoms. The van der Waals surface area contributed by atoms with E-state index in [1.165, 1.54) is 36.0 Å². The van der Waals surface area contributed by atoms with Gasteiger partial charge in [0.15, 0.2) is 0 Å². The molecule has 82 valence electrons. The van der Waals surface area contributed by atoms with Crippen LogP contribution in [0.15, 0.2) is 18.2 Å². The molecule has 0 fully saturated rings. The molecule has 0 aliphatic heterocycles. The summed E-state index contributed by atoms with van der Waals surface area (Å²) < 4.78 is 0. The van der Waals surface area contributed by atoms with Crippen LogP contribution in [0.1, 0.15) is 29.2 Å². The number of aryl methyl sites for hydroxylation is 2. The average Bonchev–Trinajstić information content (AvgIpc) is 2.65. The van der Waals surface area contributed by atoms with Crippen LogP contribution < -0.4 is 0 Å². The zero-order valence-corrected chi connectivity index (χ0v) is 9.53. The molecule has 1 atom stereocenters. The molecule has 0 saturated carbocycles. The summed E-state index contributed by atoms with van der Waals surface area (Å²) in [7, 11) is 4.02. The van der Waals surface area contributed by atoms with Gasteiger partial charge in [-0.1, -0.05) is 18.2 Å². The van der Waals surface area contributed by atoms with E-state index in [-0.39, 0.29) is 12.6 Å². The van der Waals surface area contributed by atoms with Crippen molar-refractivity contribution in [3.05, 3.63) is 34.9 Å². The van der Waals surface area contributed by atoms with Crippen LogP contribution >= 0.6 is 0 Å². The lowest BCUT2D eigenvalue weighted by Gasteiger charge is -2.23. The van der Waals surface area contributed by atoms with Crippen molar-refractivity contribution in [2.45, 2.75) is 25.3 Å². The lowest BCUT2D eigenvalue weighted by atomic mass is 10.0. The van der Waals surface area contributed by atoms with Crippen LogP contribution in [0.3, 0.4) is 0 Å². The van der Waals surface area contributed by atoms with Gasteiger partial charge in [0, 0.05) is 0 Å². The van der Waals surface area contributed by atoms with Gasteiger partial charge in [-0.15, -0.1) is 0 Å². The lowest BCUT2D eigenvalue weighted by molar-refractivity contribution is 0.171. The van der Waals surface area contributed by atoms with E-state index in [0.29, 0.717) is 0 Å². The van der Waals surface area contributed by atoms with Crippen molar-refractivity contribution in [2.75, 3.05) is 20.7 Å². The maximum atomic E-state index is 9.36. The molecule has 0 bridgehead atoms. The van der Waals surface area contributed by atoms with Crippen LogP contribution in [0.5, 0.6) is 0 Å². The summed E-state index contributed by atoms with van der Waals surface area (Å²) in [6.45, 7) is 0.186. The monoisotopic (exact) mass is 205 g/mol. The van der Waals surface area contributed by atoms with Crippen LogP contribution in [-0.2, 0) is 12.8 Å². The second kappa shape index (κ2) is 4.33. The molecular formula is C13H19NO. The molecule has 0 saturated heterocycles. The van der Waals surface area contributed by atoms with Crippen molar-refractivity contribution < 1.29 is 5.11 Å². The quantitative estimate of drug-likeness (QED) is 0.813. The summed E-state index contributed by atoms with van der Waals surface area (Å²) in [6.07, 6.45) is 3.71. The van der Waals surface area contributed by atoms with Crippen molar-refractivity contribution >= 4 is 0 Å². The summed E-state index contributed by atoms with van der Waals surface area (Å²) in [4.78, 5) is 2.07. The fourth-order valence-corrected chi connectivity index (χ4v) is 2.37. The van der Waals surface area contributed by atoms with E-state index in [2.05, 4.69) is 23.1 Å². The highest BCUT2D eigenvalue weighted by Gasteiger charge is 2.16. The summed E-state index contributed by atoms with van der Waals surface area (Å²) in [5.74, 6) is 0. The number of rotatable bonds is 3. The molecule has 2 rings (SSSR count). The zero-order valence-electron chi connectivity index (χ0n) is 9.53. The Kier molecular flexibility index (Phi) is 3.08. The summed E-state index contributed by atoms with van der Waals surface area (Å²) in [5, 5.41) is 9.36. The molecule has 15 heavy (non-hydrogen) atoms. The molecule has 1 aliphatic rings. The second-order valence-electron chi connectivity index (χ2n) is 4.54. The van der Waals surface area contributed by atoms with Gasteiger partial charge in [-0.3, -0.25) is 0 Å². The first-order chi connectivity index (χ1) is 7.22. The molecule has 1 aliphatic carbocycles. The fourth-order valence-electron chi connectivity index (χ4n) is 2.37. The summed E-state index contributed by atoms with van der Waals surface area (Å²) in [6, 6.07) is 6.79. The van der Waals surface area contributed by atoms with Gasteiger partial charge in [0.2, 0.25) is 0 Å². The number of likely N-dealkylation sites (N-methyl/N-ethyl adjacent to an activating group) is 1. The van der Waals surface area contributed by atoms with Crippen molar-refractivity contribution in [1.82, 2.24) is 4.90 Å². The Morgan fingerprint density at radius 3 is 2.67 bits per heavy atom. The van der Waals surface area contributed by atoms with E-state index in [9.17, 15) is 5.11 Å². The van der Waals surface area contributed by atoms with Crippen LogP contribution in [0.2, 0.25) is 0 Å². The first kappa shape index (κ1) is 10.7. The number of fused-ring (bicyclic) bond motifs is 1. The summed E-state index contributed by atoms with van der Waals surface area (Å²) in [5.41, 5.74) is 4.21. The van der Waals surface area contributed by atoms with Crippen LogP contribution in [0.4, 0.5) is 0 Å². The third-order valence-electron chi connectivity index (χ3n) is 3.30. The molecule has 1 aromatic carbocycles. The predicted molar refractivity (Wildman–Crippen MR) is 62.0 cm³/mol. The van der Waals surface area contributed by atoms with Gasteiger partial charge in [-0.2, -0.15) is 0 Å². The Morgan fingerprint density at radius 1 is 1.27 bits per heavy atom. The van der Waals surface area contributed by atoms with Crippen molar-refractivity contribution in [3.8, 4) is 0 Å². The van der Waals surface area contributed by atoms with Crippen LogP contribution in [0.25, 0.3) is 0 Å². The van der Waals surface area contributed by atoms with E-state index in [1.54, 1.807) is 0 Å². The number of hydrogen-bond donors (Lipinski definition) is 1. The van der Waals surface area contributed by atoms with Gasteiger partial charge >= 0.3 is 0 Å². The lowest BCUT2D eigenvalue weighted by Crippen LogP contribution is -2.23. The molecule has 1 N–H and O–H groups in total. The molecular weight excluding hydrogens is 186 g/mol. The number of benzene rings is 1. The third kappa shape index (κ3) is 2.06.